The molecule has 0 amide bonds. The van der Waals surface area contributed by atoms with Gasteiger partial charge in [0.2, 0.25) is 0 Å². The number of carbonyl (C=O) groups is 1. The first-order valence-corrected chi connectivity index (χ1v) is 12.3. The number of esters is 1. The van der Waals surface area contributed by atoms with Crippen LogP contribution in [0.25, 0.3) is 0 Å². The largest absolute Gasteiger partial charge is 0.456 e. The molecule has 0 saturated heterocycles. The average Bonchev–Trinajstić information content (AvgIpc) is 3.06. The van der Waals surface area contributed by atoms with E-state index >= 15 is 0 Å². The molecule has 0 aliphatic rings. The van der Waals surface area contributed by atoms with Crippen molar-refractivity contribution in [2.75, 3.05) is 6.61 Å². The summed E-state index contributed by atoms with van der Waals surface area (Å²) in [6.45, 7) is -1.84. The van der Waals surface area contributed by atoms with Crippen LogP contribution < -0.4 is 16.4 Å². The van der Waals surface area contributed by atoms with E-state index in [9.17, 15) is 70.7 Å². The van der Waals surface area contributed by atoms with Crippen LogP contribution in [0.15, 0.2) is 30.3 Å². The zero-order chi connectivity index (χ0) is 35.5. The van der Waals surface area contributed by atoms with Crippen molar-refractivity contribution in [3.63, 3.8) is 0 Å². The Hall–Kier alpha value is -5.08. The van der Waals surface area contributed by atoms with E-state index < -0.39 is 116 Å². The first-order chi connectivity index (χ1) is 22.0. The topological polar surface area (TPSA) is 26.3 Å². The van der Waals surface area contributed by atoms with Gasteiger partial charge in [0.15, 0.2) is 87.3 Å². The summed E-state index contributed by atoms with van der Waals surface area (Å²) in [6.07, 6.45) is 0. The van der Waals surface area contributed by atoms with E-state index in [2.05, 4.69) is 16.6 Å². The van der Waals surface area contributed by atoms with Crippen LogP contribution in [-0.4, -0.2) is 19.3 Å². The van der Waals surface area contributed by atoms with Gasteiger partial charge in [-0.25, -0.2) is 70.7 Å². The molecule has 4 aromatic rings. The lowest BCUT2D eigenvalue weighted by atomic mass is 9.36. The molecular weight excluding hydrogens is 676 g/mol. The van der Waals surface area contributed by atoms with Crippen molar-refractivity contribution in [2.24, 2.45) is 0 Å². The lowest BCUT2D eigenvalue weighted by molar-refractivity contribution is -0.136. The summed E-state index contributed by atoms with van der Waals surface area (Å²) in [4.78, 5) is 10.8. The highest BCUT2D eigenvalue weighted by Gasteiger charge is 2.45. The molecule has 0 bridgehead atoms. The maximum atomic E-state index is 14.4. The van der Waals surface area contributed by atoms with E-state index in [4.69, 9.17) is 0 Å². The summed E-state index contributed by atoms with van der Waals surface area (Å²) in [7, 11) is 0. The maximum Gasteiger partial charge on any atom is 0.384 e. The Bertz CT molecular complexity index is 1690. The number of hydrogen-bond acceptors (Lipinski definition) is 2. The molecule has 18 heteroatoms. The third-order valence-electron chi connectivity index (χ3n) is 5.96. The number of ether oxygens (including phenoxy) is 1. The summed E-state index contributed by atoms with van der Waals surface area (Å²) in [6, 6.07) is 9.32. The molecule has 0 spiro atoms. The third-order valence-corrected chi connectivity index (χ3v) is 5.96. The van der Waals surface area contributed by atoms with Crippen LogP contribution in [0.4, 0.5) is 65.9 Å². The van der Waals surface area contributed by atoms with E-state index in [1.54, 1.807) is 6.92 Å². The van der Waals surface area contributed by atoms with Crippen LogP contribution in [0.5, 0.6) is 0 Å². The Kier molecular flexibility index (Phi) is 11.3. The Morgan fingerprint density at radius 1 is 0.511 bits per heavy atom. The van der Waals surface area contributed by atoms with Crippen LogP contribution in [0.1, 0.15) is 12.5 Å². The van der Waals surface area contributed by atoms with Crippen molar-refractivity contribution in [3.05, 3.63) is 123 Å². The quantitative estimate of drug-likeness (QED) is 0.0669. The van der Waals surface area contributed by atoms with Crippen LogP contribution in [0, 0.1) is 99.1 Å². The van der Waals surface area contributed by atoms with E-state index in [1.807, 2.05) is 30.3 Å². The van der Waals surface area contributed by atoms with Crippen molar-refractivity contribution in [2.45, 2.75) is 6.92 Å². The minimum Gasteiger partial charge on any atom is -0.456 e. The van der Waals surface area contributed by atoms with Crippen molar-refractivity contribution in [3.8, 4) is 11.8 Å². The summed E-state index contributed by atoms with van der Waals surface area (Å²) in [5.74, 6) is -40.6. The Morgan fingerprint density at radius 3 is 1.06 bits per heavy atom. The van der Waals surface area contributed by atoms with Crippen molar-refractivity contribution < 1.29 is 75.4 Å². The minimum absolute atomic E-state index is 0.363. The molecule has 2 nitrogen and oxygen atoms in total. The van der Waals surface area contributed by atoms with E-state index in [1.165, 1.54) is 0 Å². The first kappa shape index (κ1) is 36.4. The lowest BCUT2D eigenvalue weighted by Crippen LogP contribution is -2.60. The van der Waals surface area contributed by atoms with Gasteiger partial charge < -0.3 is 4.74 Å². The van der Waals surface area contributed by atoms with Gasteiger partial charge in [0.05, 0.1) is 6.61 Å². The number of halogens is 15. The maximum absolute atomic E-state index is 14.4. The van der Waals surface area contributed by atoms with E-state index in [-0.39, 0.29) is 0 Å². The third kappa shape index (κ3) is 6.88. The van der Waals surface area contributed by atoms with Gasteiger partial charge in [-0.2, -0.15) is 0 Å². The van der Waals surface area contributed by atoms with Gasteiger partial charge in [-0.1, -0.05) is 24.1 Å². The van der Waals surface area contributed by atoms with Gasteiger partial charge in [-0.3, -0.25) is 0 Å². The molecule has 246 valence electrons. The molecule has 0 unspecified atom stereocenters. The lowest BCUT2D eigenvalue weighted by Gasteiger charge is -2.21. The van der Waals surface area contributed by atoms with E-state index in [0.717, 1.165) is 5.56 Å². The molecule has 47 heavy (non-hydrogen) atoms. The van der Waals surface area contributed by atoms with Gasteiger partial charge in [-0.15, -0.1) is 0 Å². The van der Waals surface area contributed by atoms with E-state index in [0.29, 0.717) is 6.61 Å². The second kappa shape index (κ2) is 14.6. The van der Waals surface area contributed by atoms with Crippen LogP contribution in [0.2, 0.25) is 0 Å². The molecule has 0 heterocycles. The second-order valence-electron chi connectivity index (χ2n) is 8.72. The summed E-state index contributed by atoms with van der Waals surface area (Å²) >= 11 is 0. The van der Waals surface area contributed by atoms with Gasteiger partial charge in [0.25, 0.3) is 6.71 Å². The zero-order valence-corrected chi connectivity index (χ0v) is 22.7. The van der Waals surface area contributed by atoms with Crippen molar-refractivity contribution in [1.29, 1.82) is 0 Å². The van der Waals surface area contributed by atoms with Crippen molar-refractivity contribution >= 4 is 29.1 Å². The Labute approximate surface area is 253 Å². The molecule has 0 N–H and O–H groups in total. The SMILES string of the molecule is CCOC(=O)C#Cc1ccccc1.Fc1c(F)c(F)c(B(c2c(F)c(F)c(F)c(F)c2F)c2c(F)c(F)c(F)c(F)c2F)c(F)c1F. The number of benzene rings is 4. The van der Waals surface area contributed by atoms with Crippen molar-refractivity contribution in [1.82, 2.24) is 0 Å². The van der Waals surface area contributed by atoms with Gasteiger partial charge >= 0.3 is 5.97 Å². The normalized spacial score (nSPS) is 10.6. The highest BCUT2D eigenvalue weighted by atomic mass is 19.2. The van der Waals surface area contributed by atoms with Gasteiger partial charge in [0, 0.05) is 27.9 Å². The van der Waals surface area contributed by atoms with Crippen LogP contribution in [-0.2, 0) is 9.53 Å². The molecule has 0 aliphatic carbocycles. The van der Waals surface area contributed by atoms with Crippen LogP contribution >= 0.6 is 0 Å². The molecule has 0 fully saturated rings. The summed E-state index contributed by atoms with van der Waals surface area (Å²) in [5, 5.41) is 0. The Morgan fingerprint density at radius 2 is 0.787 bits per heavy atom. The Balaban J connectivity index is 0.000000386. The molecule has 0 saturated carbocycles. The highest BCUT2D eigenvalue weighted by molar-refractivity contribution is 6.95. The molecule has 0 radical (unpaired) electrons. The highest BCUT2D eigenvalue weighted by Crippen LogP contribution is 2.23. The molecule has 0 aromatic heterocycles. The monoisotopic (exact) mass is 686 g/mol. The van der Waals surface area contributed by atoms with Gasteiger partial charge in [0.1, 0.15) is 0 Å². The standard InChI is InChI=1S/C18BF15.C11H10O2/c20-4-1(5(21)11(27)16(32)10(4)26)19(2-6(22)12(28)17(33)13(29)7(2)23)3-8(24)14(30)18(34)15(31)9(3)25;1-2-13-11(12)9-8-10-6-4-3-5-7-10/h;3-7H,2H2,1H3. The molecule has 4 aromatic carbocycles. The summed E-state index contributed by atoms with van der Waals surface area (Å²) in [5.41, 5.74) is -7.22. The number of hydrogen-bond donors (Lipinski definition) is 0. The smallest absolute Gasteiger partial charge is 0.384 e. The summed E-state index contributed by atoms with van der Waals surface area (Å²) < 4.78 is 213. The fraction of sp³-hybridized carbons (Fsp3) is 0.0690. The predicted octanol–water partition coefficient (Wildman–Crippen LogP) is 5.89. The minimum atomic E-state index is -3.96. The second-order valence-corrected chi connectivity index (χ2v) is 8.72. The van der Waals surface area contributed by atoms with Crippen LogP contribution in [0.3, 0.4) is 0 Å². The molecular formula is C29H10BF15O2. The zero-order valence-electron chi connectivity index (χ0n) is 22.7. The number of rotatable bonds is 4. The predicted molar refractivity (Wildman–Crippen MR) is 133 cm³/mol. The fourth-order valence-corrected chi connectivity index (χ4v) is 3.87. The van der Waals surface area contributed by atoms with Gasteiger partial charge in [-0.05, 0) is 19.1 Å². The molecule has 4 rings (SSSR count). The average molecular weight is 686 g/mol. The fourth-order valence-electron chi connectivity index (χ4n) is 3.87. The molecule has 0 aliphatic heterocycles. The first-order valence-electron chi connectivity index (χ1n) is 12.3. The number of carbonyl (C=O) groups excluding carboxylic acids is 1. The molecule has 0 atom stereocenters.